The summed E-state index contributed by atoms with van der Waals surface area (Å²) in [7, 11) is 0. The summed E-state index contributed by atoms with van der Waals surface area (Å²) in [4.78, 5) is 28.4. The van der Waals surface area contributed by atoms with Gasteiger partial charge in [0, 0.05) is 23.1 Å². The molecule has 31 heavy (non-hydrogen) atoms. The molecule has 150 valence electrons. The van der Waals surface area contributed by atoms with Crippen LogP contribution in [0.3, 0.4) is 0 Å². The van der Waals surface area contributed by atoms with Crippen LogP contribution in [0, 0.1) is 11.3 Å². The Balaban J connectivity index is 1.70. The van der Waals surface area contributed by atoms with E-state index in [0.717, 1.165) is 16.5 Å². The summed E-state index contributed by atoms with van der Waals surface area (Å²) in [5.74, 6) is -0.408. The molecule has 4 aromatic rings. The van der Waals surface area contributed by atoms with Crippen molar-refractivity contribution in [1.82, 2.24) is 9.47 Å². The summed E-state index contributed by atoms with van der Waals surface area (Å²) in [6.45, 7) is 0.423. The van der Waals surface area contributed by atoms with Crippen molar-refractivity contribution < 1.29 is 9.59 Å². The summed E-state index contributed by atoms with van der Waals surface area (Å²) in [5, 5.41) is 11.1. The van der Waals surface area contributed by atoms with Crippen LogP contribution in [0.15, 0.2) is 84.9 Å². The minimum absolute atomic E-state index is 0.202. The third-order valence-electron chi connectivity index (χ3n) is 5.82. The number of rotatable bonds is 2. The standard InChI is InChI=1S/C26H19N3O2/c27-17-23-24-21(15-16-28(23)25(30)18-9-3-1-4-10-18)20-13-7-8-14-22(20)29(24)26(31)19-11-5-2-6-12-19/h1-14,23H,15-16H2. The molecular formula is C26H19N3O2. The molecule has 1 aliphatic heterocycles. The van der Waals surface area contributed by atoms with Crippen molar-refractivity contribution in [3.8, 4) is 6.07 Å². The number of fused-ring (bicyclic) bond motifs is 3. The van der Waals surface area contributed by atoms with Crippen molar-refractivity contribution >= 4 is 22.7 Å². The molecule has 1 aromatic heterocycles. The third-order valence-corrected chi connectivity index (χ3v) is 5.82. The van der Waals surface area contributed by atoms with Crippen LogP contribution in [0.25, 0.3) is 10.9 Å². The zero-order valence-corrected chi connectivity index (χ0v) is 16.7. The quantitative estimate of drug-likeness (QED) is 0.490. The fourth-order valence-electron chi connectivity index (χ4n) is 4.41. The van der Waals surface area contributed by atoms with E-state index in [0.29, 0.717) is 29.8 Å². The maximum absolute atomic E-state index is 13.6. The predicted molar refractivity (Wildman–Crippen MR) is 118 cm³/mol. The van der Waals surface area contributed by atoms with Crippen molar-refractivity contribution in [2.24, 2.45) is 0 Å². The Hall–Kier alpha value is -4.17. The molecule has 0 N–H and O–H groups in total. The van der Waals surface area contributed by atoms with Crippen LogP contribution in [-0.4, -0.2) is 27.8 Å². The van der Waals surface area contributed by atoms with E-state index in [1.54, 1.807) is 45.9 Å². The average molecular weight is 405 g/mol. The molecule has 0 radical (unpaired) electrons. The van der Waals surface area contributed by atoms with Gasteiger partial charge in [0.1, 0.15) is 0 Å². The number of aromatic nitrogens is 1. The molecule has 1 amide bonds. The number of hydrogen-bond donors (Lipinski definition) is 0. The van der Waals surface area contributed by atoms with Gasteiger partial charge in [0.15, 0.2) is 6.04 Å². The van der Waals surface area contributed by atoms with E-state index in [1.807, 2.05) is 48.5 Å². The second-order valence-electron chi connectivity index (χ2n) is 7.53. The summed E-state index contributed by atoms with van der Waals surface area (Å²) in [5.41, 5.74) is 3.38. The van der Waals surface area contributed by atoms with Crippen molar-refractivity contribution in [3.63, 3.8) is 0 Å². The average Bonchev–Trinajstić information content (AvgIpc) is 3.18. The highest BCUT2D eigenvalue weighted by Gasteiger charge is 2.37. The van der Waals surface area contributed by atoms with Gasteiger partial charge in [-0.3, -0.25) is 14.2 Å². The number of para-hydroxylation sites is 1. The van der Waals surface area contributed by atoms with Crippen LogP contribution in [0.4, 0.5) is 0 Å². The Morgan fingerprint density at radius 2 is 1.39 bits per heavy atom. The van der Waals surface area contributed by atoms with Gasteiger partial charge in [-0.2, -0.15) is 5.26 Å². The smallest absolute Gasteiger partial charge is 0.262 e. The van der Waals surface area contributed by atoms with Gasteiger partial charge in [-0.1, -0.05) is 54.6 Å². The highest BCUT2D eigenvalue weighted by atomic mass is 16.2. The fourth-order valence-corrected chi connectivity index (χ4v) is 4.41. The lowest BCUT2D eigenvalue weighted by Gasteiger charge is -2.33. The Morgan fingerprint density at radius 1 is 0.806 bits per heavy atom. The highest BCUT2D eigenvalue weighted by Crippen LogP contribution is 2.38. The van der Waals surface area contributed by atoms with E-state index < -0.39 is 6.04 Å². The largest absolute Gasteiger partial charge is 0.317 e. The monoisotopic (exact) mass is 405 g/mol. The first-order chi connectivity index (χ1) is 15.2. The molecule has 5 heteroatoms. The summed E-state index contributed by atoms with van der Waals surface area (Å²) < 4.78 is 1.62. The number of hydrogen-bond acceptors (Lipinski definition) is 3. The molecule has 1 aliphatic rings. The second-order valence-corrected chi connectivity index (χ2v) is 7.53. The lowest BCUT2D eigenvalue weighted by atomic mass is 9.97. The van der Waals surface area contributed by atoms with E-state index in [-0.39, 0.29) is 11.8 Å². The number of carbonyl (C=O) groups excluding carboxylic acids is 2. The van der Waals surface area contributed by atoms with Gasteiger partial charge in [0.25, 0.3) is 11.8 Å². The minimum Gasteiger partial charge on any atom is -0.317 e. The molecule has 0 saturated heterocycles. The van der Waals surface area contributed by atoms with E-state index in [9.17, 15) is 14.9 Å². The molecule has 5 rings (SSSR count). The normalized spacial score (nSPS) is 15.3. The van der Waals surface area contributed by atoms with Crippen LogP contribution in [0.2, 0.25) is 0 Å². The maximum Gasteiger partial charge on any atom is 0.262 e. The van der Waals surface area contributed by atoms with Crippen LogP contribution >= 0.6 is 0 Å². The van der Waals surface area contributed by atoms with E-state index in [2.05, 4.69) is 6.07 Å². The molecule has 0 saturated carbocycles. The maximum atomic E-state index is 13.6. The summed E-state index contributed by atoms with van der Waals surface area (Å²) in [6.07, 6.45) is 0.585. The number of nitrogens with zero attached hydrogens (tertiary/aromatic N) is 3. The number of amides is 1. The molecular weight excluding hydrogens is 386 g/mol. The third kappa shape index (κ3) is 3.01. The molecule has 3 aromatic carbocycles. The minimum atomic E-state index is -0.850. The Morgan fingerprint density at radius 3 is 2.03 bits per heavy atom. The molecule has 0 spiro atoms. The van der Waals surface area contributed by atoms with Gasteiger partial charge in [0.2, 0.25) is 0 Å². The van der Waals surface area contributed by atoms with Crippen molar-refractivity contribution in [1.29, 1.82) is 5.26 Å². The zero-order chi connectivity index (χ0) is 21.4. The number of carbonyl (C=O) groups is 2. The lowest BCUT2D eigenvalue weighted by molar-refractivity contribution is 0.0695. The summed E-state index contributed by atoms with van der Waals surface area (Å²) in [6, 6.07) is 27.1. The zero-order valence-electron chi connectivity index (χ0n) is 16.7. The molecule has 1 atom stereocenters. The fraction of sp³-hybridized carbons (Fsp3) is 0.115. The van der Waals surface area contributed by atoms with Gasteiger partial charge in [-0.25, -0.2) is 0 Å². The SMILES string of the molecule is N#CC1c2c(c3ccccc3n2C(=O)c2ccccc2)CCN1C(=O)c1ccccc1. The number of benzene rings is 3. The Kier molecular flexibility index (Phi) is 4.61. The van der Waals surface area contributed by atoms with Crippen LogP contribution in [-0.2, 0) is 6.42 Å². The molecule has 1 unspecified atom stereocenters. The summed E-state index contributed by atoms with van der Waals surface area (Å²) >= 11 is 0. The number of nitriles is 1. The lowest BCUT2D eigenvalue weighted by Crippen LogP contribution is -2.40. The Labute approximate surface area is 179 Å². The van der Waals surface area contributed by atoms with Crippen molar-refractivity contribution in [2.75, 3.05) is 6.54 Å². The van der Waals surface area contributed by atoms with E-state index in [1.165, 1.54) is 0 Å². The molecule has 0 fully saturated rings. The van der Waals surface area contributed by atoms with Gasteiger partial charge in [-0.15, -0.1) is 0 Å². The highest BCUT2D eigenvalue weighted by molar-refractivity contribution is 6.05. The molecule has 0 bridgehead atoms. The first-order valence-electron chi connectivity index (χ1n) is 10.2. The first kappa shape index (κ1) is 18.8. The predicted octanol–water partition coefficient (Wildman–Crippen LogP) is 4.59. The molecule has 0 aliphatic carbocycles. The van der Waals surface area contributed by atoms with Crippen molar-refractivity contribution in [2.45, 2.75) is 12.5 Å². The van der Waals surface area contributed by atoms with Crippen molar-refractivity contribution in [3.05, 3.63) is 107 Å². The van der Waals surface area contributed by atoms with E-state index in [4.69, 9.17) is 0 Å². The van der Waals surface area contributed by atoms with Gasteiger partial charge in [-0.05, 0) is 42.3 Å². The van der Waals surface area contributed by atoms with Gasteiger partial charge < -0.3 is 4.90 Å². The van der Waals surface area contributed by atoms with Crippen LogP contribution in [0.1, 0.15) is 38.0 Å². The first-order valence-corrected chi connectivity index (χ1v) is 10.2. The Bertz CT molecular complexity index is 1330. The van der Waals surface area contributed by atoms with Gasteiger partial charge in [0.05, 0.1) is 17.3 Å². The van der Waals surface area contributed by atoms with E-state index >= 15 is 0 Å². The topological polar surface area (TPSA) is 66.1 Å². The molecule has 5 nitrogen and oxygen atoms in total. The second kappa shape index (κ2) is 7.58. The van der Waals surface area contributed by atoms with Crippen LogP contribution < -0.4 is 0 Å². The van der Waals surface area contributed by atoms with Gasteiger partial charge >= 0.3 is 0 Å². The molecule has 2 heterocycles. The van der Waals surface area contributed by atoms with Crippen LogP contribution in [0.5, 0.6) is 0 Å².